The molecule has 2 aromatic rings. The van der Waals surface area contributed by atoms with E-state index in [0.717, 1.165) is 11.1 Å². The number of hydrogen-bond acceptors (Lipinski definition) is 5. The molecule has 0 bridgehead atoms. The molecule has 7 heteroatoms. The first-order valence-corrected chi connectivity index (χ1v) is 10.0. The topological polar surface area (TPSA) is 75.0 Å². The monoisotopic (exact) mass is 399 g/mol. The highest BCUT2D eigenvalue weighted by atomic mass is 16.6. The molecule has 0 unspecified atom stereocenters. The Balaban J connectivity index is 1.67. The van der Waals surface area contributed by atoms with Crippen LogP contribution in [0.25, 0.3) is 0 Å². The van der Waals surface area contributed by atoms with E-state index in [4.69, 9.17) is 4.74 Å². The summed E-state index contributed by atoms with van der Waals surface area (Å²) in [6, 6.07) is 7.83. The average Bonchev–Trinajstić information content (AvgIpc) is 2.71. The quantitative estimate of drug-likeness (QED) is 0.836. The van der Waals surface area contributed by atoms with E-state index < -0.39 is 0 Å². The third-order valence-electron chi connectivity index (χ3n) is 5.57. The zero-order valence-electron chi connectivity index (χ0n) is 17.4. The predicted molar refractivity (Wildman–Crippen MR) is 111 cm³/mol. The number of nitrogens with zero attached hydrogens (tertiary/aromatic N) is 3. The molecule has 0 aliphatic carbocycles. The van der Waals surface area contributed by atoms with Crippen LogP contribution in [0.4, 0.5) is 4.79 Å². The number of aromatic nitrogens is 1. The molecule has 0 atom stereocenters. The highest BCUT2D eigenvalue weighted by molar-refractivity contribution is 5.67. The normalized spacial score (nSPS) is 14.8. The van der Waals surface area contributed by atoms with Crippen molar-refractivity contribution in [3.63, 3.8) is 0 Å². The second kappa shape index (κ2) is 9.13. The minimum Gasteiger partial charge on any atom is -0.503 e. The summed E-state index contributed by atoms with van der Waals surface area (Å²) in [6.45, 7) is 9.63. The largest absolute Gasteiger partial charge is 0.503 e. The van der Waals surface area contributed by atoms with E-state index in [0.29, 0.717) is 51.4 Å². The Morgan fingerprint density at radius 2 is 1.79 bits per heavy atom. The first kappa shape index (κ1) is 20.9. The number of benzene rings is 1. The molecule has 3 rings (SSSR count). The minimum atomic E-state index is -0.381. The molecule has 2 heterocycles. The second-order valence-electron chi connectivity index (χ2n) is 7.44. The van der Waals surface area contributed by atoms with Crippen LogP contribution in [-0.4, -0.2) is 58.4 Å². The van der Waals surface area contributed by atoms with E-state index >= 15 is 0 Å². The summed E-state index contributed by atoms with van der Waals surface area (Å²) in [6.07, 6.45) is 1.46. The minimum absolute atomic E-state index is 0.203. The molecule has 1 aromatic heterocycles. The summed E-state index contributed by atoms with van der Waals surface area (Å²) in [5.74, 6) is -0.203. The first-order valence-electron chi connectivity index (χ1n) is 10.0. The van der Waals surface area contributed by atoms with Crippen LogP contribution in [0.15, 0.2) is 35.3 Å². The van der Waals surface area contributed by atoms with Gasteiger partial charge in [-0.3, -0.25) is 9.69 Å². The fourth-order valence-corrected chi connectivity index (χ4v) is 3.56. The Hall–Kier alpha value is -2.80. The van der Waals surface area contributed by atoms with Crippen molar-refractivity contribution in [3.05, 3.63) is 63.1 Å². The Bertz CT molecular complexity index is 930. The molecule has 1 N–H and O–H groups in total. The van der Waals surface area contributed by atoms with Gasteiger partial charge < -0.3 is 19.3 Å². The second-order valence-corrected chi connectivity index (χ2v) is 7.44. The zero-order valence-corrected chi connectivity index (χ0v) is 17.4. The number of carbonyl (C=O) groups excluding carboxylic acids is 1. The summed E-state index contributed by atoms with van der Waals surface area (Å²) < 4.78 is 6.57. The van der Waals surface area contributed by atoms with Gasteiger partial charge in [0.2, 0.25) is 0 Å². The lowest BCUT2D eigenvalue weighted by Gasteiger charge is -2.34. The number of ether oxygens (including phenoxy) is 1. The number of piperazine rings is 1. The van der Waals surface area contributed by atoms with Crippen LogP contribution in [0.3, 0.4) is 0 Å². The van der Waals surface area contributed by atoms with Crippen LogP contribution in [-0.2, 0) is 17.8 Å². The predicted octanol–water partition coefficient (Wildman–Crippen LogP) is 2.49. The van der Waals surface area contributed by atoms with E-state index in [9.17, 15) is 14.7 Å². The smallest absolute Gasteiger partial charge is 0.409 e. The maximum absolute atomic E-state index is 12.7. The van der Waals surface area contributed by atoms with Crippen LogP contribution in [0, 0.1) is 13.8 Å². The fraction of sp³-hybridized carbons (Fsp3) is 0.455. The van der Waals surface area contributed by atoms with Gasteiger partial charge in [-0.2, -0.15) is 0 Å². The van der Waals surface area contributed by atoms with Crippen molar-refractivity contribution >= 4 is 6.09 Å². The highest BCUT2D eigenvalue weighted by Crippen LogP contribution is 2.18. The Morgan fingerprint density at radius 1 is 1.07 bits per heavy atom. The lowest BCUT2D eigenvalue weighted by Crippen LogP contribution is -2.48. The number of aryl methyl sites for hydroxylation is 1. The number of rotatable bonds is 5. The Labute approximate surface area is 171 Å². The van der Waals surface area contributed by atoms with Gasteiger partial charge >= 0.3 is 6.09 Å². The number of amides is 1. The summed E-state index contributed by atoms with van der Waals surface area (Å²) in [7, 11) is 0. The Kier molecular flexibility index (Phi) is 6.59. The van der Waals surface area contributed by atoms with E-state index in [1.807, 2.05) is 32.0 Å². The zero-order chi connectivity index (χ0) is 21.0. The van der Waals surface area contributed by atoms with Crippen LogP contribution in [0.2, 0.25) is 0 Å². The van der Waals surface area contributed by atoms with Crippen molar-refractivity contribution in [2.24, 2.45) is 0 Å². The molecule has 0 spiro atoms. The number of hydrogen-bond donors (Lipinski definition) is 1. The molecule has 7 nitrogen and oxygen atoms in total. The van der Waals surface area contributed by atoms with Crippen molar-refractivity contribution < 1.29 is 14.6 Å². The molecular weight excluding hydrogens is 370 g/mol. The van der Waals surface area contributed by atoms with Gasteiger partial charge in [-0.1, -0.05) is 18.2 Å². The van der Waals surface area contributed by atoms with Gasteiger partial charge in [-0.05, 0) is 43.5 Å². The maximum Gasteiger partial charge on any atom is 0.409 e. The summed E-state index contributed by atoms with van der Waals surface area (Å²) in [5, 5.41) is 10.5. The van der Waals surface area contributed by atoms with Crippen molar-refractivity contribution in [1.29, 1.82) is 0 Å². The van der Waals surface area contributed by atoms with Crippen LogP contribution in [0.1, 0.15) is 29.2 Å². The van der Waals surface area contributed by atoms with E-state index in [1.54, 1.807) is 28.7 Å². The molecule has 1 aliphatic heterocycles. The van der Waals surface area contributed by atoms with Gasteiger partial charge in [0.25, 0.3) is 5.56 Å². The third-order valence-corrected chi connectivity index (χ3v) is 5.57. The first-order chi connectivity index (χ1) is 13.9. The SMILES string of the molecule is CCOC(=O)N1CCN(Cc2ccn(Cc3cccc(C)c3C)c(=O)c2O)CC1. The van der Waals surface area contributed by atoms with Gasteiger partial charge in [0.05, 0.1) is 13.2 Å². The molecule has 156 valence electrons. The van der Waals surface area contributed by atoms with Crippen molar-refractivity contribution in [3.8, 4) is 5.75 Å². The summed E-state index contributed by atoms with van der Waals surface area (Å²) in [4.78, 5) is 28.3. The third kappa shape index (κ3) is 4.79. The van der Waals surface area contributed by atoms with Gasteiger partial charge in [0.1, 0.15) is 0 Å². The van der Waals surface area contributed by atoms with Gasteiger partial charge in [-0.15, -0.1) is 0 Å². The molecule has 1 amide bonds. The molecular formula is C22H29N3O4. The van der Waals surface area contributed by atoms with E-state index in [-0.39, 0.29) is 17.4 Å². The summed E-state index contributed by atoms with van der Waals surface area (Å²) in [5.41, 5.74) is 3.63. The fourth-order valence-electron chi connectivity index (χ4n) is 3.56. The highest BCUT2D eigenvalue weighted by Gasteiger charge is 2.23. The van der Waals surface area contributed by atoms with E-state index in [2.05, 4.69) is 4.90 Å². The van der Waals surface area contributed by atoms with Crippen molar-refractivity contribution in [2.45, 2.75) is 33.9 Å². The van der Waals surface area contributed by atoms with Crippen molar-refractivity contribution in [2.75, 3.05) is 32.8 Å². The lowest BCUT2D eigenvalue weighted by molar-refractivity contribution is 0.0776. The number of carbonyl (C=O) groups is 1. The van der Waals surface area contributed by atoms with Crippen LogP contribution < -0.4 is 5.56 Å². The average molecular weight is 399 g/mol. The van der Waals surface area contributed by atoms with Crippen molar-refractivity contribution in [1.82, 2.24) is 14.4 Å². The molecule has 0 saturated carbocycles. The standard InChI is InChI=1S/C22H29N3O4/c1-4-29-22(28)24-12-10-23(11-13-24)14-19-8-9-25(21(27)20(19)26)15-18-7-5-6-16(2)17(18)3/h5-9,26H,4,10-15H2,1-3H3. The molecule has 1 saturated heterocycles. The number of pyridine rings is 1. The Morgan fingerprint density at radius 3 is 2.48 bits per heavy atom. The molecule has 1 fully saturated rings. The van der Waals surface area contributed by atoms with Gasteiger partial charge in [-0.25, -0.2) is 4.79 Å². The molecule has 29 heavy (non-hydrogen) atoms. The van der Waals surface area contributed by atoms with Crippen LogP contribution >= 0.6 is 0 Å². The van der Waals surface area contributed by atoms with Gasteiger partial charge in [0.15, 0.2) is 5.75 Å². The molecule has 1 aliphatic rings. The maximum atomic E-state index is 12.7. The van der Waals surface area contributed by atoms with Crippen LogP contribution in [0.5, 0.6) is 5.75 Å². The van der Waals surface area contributed by atoms with Gasteiger partial charge in [0, 0.05) is 44.5 Å². The lowest BCUT2D eigenvalue weighted by atomic mass is 10.0. The summed E-state index contributed by atoms with van der Waals surface area (Å²) >= 11 is 0. The molecule has 1 aromatic carbocycles. The van der Waals surface area contributed by atoms with E-state index in [1.165, 1.54) is 5.56 Å². The number of aromatic hydroxyl groups is 1. The molecule has 0 radical (unpaired) electrons.